The second kappa shape index (κ2) is 7.25. The van der Waals surface area contributed by atoms with Crippen LogP contribution in [0.3, 0.4) is 0 Å². The zero-order valence-corrected chi connectivity index (χ0v) is 20.3. The van der Waals surface area contributed by atoms with Crippen LogP contribution in [0.4, 0.5) is 9.52 Å². The third kappa shape index (κ3) is 3.88. The molecule has 0 spiro atoms. The van der Waals surface area contributed by atoms with E-state index in [1.54, 1.807) is 22.1 Å². The number of halogens is 1. The van der Waals surface area contributed by atoms with Crippen molar-refractivity contribution in [2.24, 2.45) is 7.05 Å². The van der Waals surface area contributed by atoms with Crippen molar-refractivity contribution in [3.8, 4) is 11.1 Å². The lowest BCUT2D eigenvalue weighted by atomic mass is 9.79. The molecule has 4 aromatic rings. The van der Waals surface area contributed by atoms with Gasteiger partial charge in [-0.1, -0.05) is 17.4 Å². The summed E-state index contributed by atoms with van der Waals surface area (Å²) in [6.07, 6.45) is 3.99. The SMILES string of the molecule is CN(c1nc2ccc(-c3cc(F)c4nn(C)cc4c3)cc2s1)C1CC(C)(C)NC(C)(C)C1. The second-order valence-corrected chi connectivity index (χ2v) is 11.5. The number of benzene rings is 2. The Balaban J connectivity index is 1.48. The highest BCUT2D eigenvalue weighted by atomic mass is 32.1. The summed E-state index contributed by atoms with van der Waals surface area (Å²) < 4.78 is 17.4. The van der Waals surface area contributed by atoms with Gasteiger partial charge in [0, 0.05) is 42.8 Å². The fraction of sp³-hybridized carbons (Fsp3) is 0.440. The fourth-order valence-electron chi connectivity index (χ4n) is 5.32. The molecule has 0 unspecified atom stereocenters. The van der Waals surface area contributed by atoms with Gasteiger partial charge in [0.2, 0.25) is 0 Å². The number of aromatic nitrogens is 3. The van der Waals surface area contributed by atoms with Crippen LogP contribution in [0.5, 0.6) is 0 Å². The molecular formula is C25H30FN5S. The number of anilines is 1. The summed E-state index contributed by atoms with van der Waals surface area (Å²) in [5.41, 5.74) is 3.40. The van der Waals surface area contributed by atoms with Crippen LogP contribution in [0.1, 0.15) is 40.5 Å². The van der Waals surface area contributed by atoms with E-state index in [0.717, 1.165) is 44.7 Å². The first kappa shape index (κ1) is 21.3. The molecule has 5 nitrogen and oxygen atoms in total. The van der Waals surface area contributed by atoms with Crippen LogP contribution in [0.2, 0.25) is 0 Å². The van der Waals surface area contributed by atoms with E-state index < -0.39 is 0 Å². The van der Waals surface area contributed by atoms with Gasteiger partial charge in [-0.05, 0) is 75.9 Å². The lowest BCUT2D eigenvalue weighted by molar-refractivity contribution is 0.161. The van der Waals surface area contributed by atoms with Crippen molar-refractivity contribution in [2.75, 3.05) is 11.9 Å². The highest BCUT2D eigenvalue weighted by molar-refractivity contribution is 7.22. The maximum absolute atomic E-state index is 14.6. The van der Waals surface area contributed by atoms with Crippen LogP contribution in [0.25, 0.3) is 32.2 Å². The molecule has 2 aromatic carbocycles. The number of hydrogen-bond donors (Lipinski definition) is 1. The van der Waals surface area contributed by atoms with Gasteiger partial charge in [-0.3, -0.25) is 4.68 Å². The molecule has 0 bridgehead atoms. The van der Waals surface area contributed by atoms with Crippen molar-refractivity contribution in [1.82, 2.24) is 20.1 Å². The number of piperidine rings is 1. The van der Waals surface area contributed by atoms with Gasteiger partial charge in [0.15, 0.2) is 10.9 Å². The number of rotatable bonds is 3. The second-order valence-electron chi connectivity index (χ2n) is 10.4. The van der Waals surface area contributed by atoms with Gasteiger partial charge >= 0.3 is 0 Å². The summed E-state index contributed by atoms with van der Waals surface area (Å²) in [6.45, 7) is 9.10. The van der Waals surface area contributed by atoms with Crippen LogP contribution in [0.15, 0.2) is 36.5 Å². The topological polar surface area (TPSA) is 46.0 Å². The van der Waals surface area contributed by atoms with Crippen molar-refractivity contribution < 1.29 is 4.39 Å². The van der Waals surface area contributed by atoms with E-state index >= 15 is 0 Å². The molecule has 0 radical (unpaired) electrons. The maximum atomic E-state index is 14.6. The number of aryl methyl sites for hydroxylation is 1. The van der Waals surface area contributed by atoms with Gasteiger partial charge in [0.1, 0.15) is 5.52 Å². The minimum absolute atomic E-state index is 0.0829. The molecule has 5 rings (SSSR count). The molecule has 1 aliphatic heterocycles. The first-order valence-electron chi connectivity index (χ1n) is 11.1. The third-order valence-electron chi connectivity index (χ3n) is 6.41. The molecule has 0 amide bonds. The molecular weight excluding hydrogens is 421 g/mol. The molecule has 7 heteroatoms. The van der Waals surface area contributed by atoms with E-state index in [9.17, 15) is 4.39 Å². The molecule has 1 saturated heterocycles. The molecule has 0 aliphatic carbocycles. The quantitative estimate of drug-likeness (QED) is 0.432. The number of thiazole rings is 1. The van der Waals surface area contributed by atoms with E-state index in [1.165, 1.54) is 0 Å². The largest absolute Gasteiger partial charge is 0.348 e. The Hall–Kier alpha value is -2.51. The van der Waals surface area contributed by atoms with E-state index in [1.807, 2.05) is 31.4 Å². The monoisotopic (exact) mass is 451 g/mol. The summed E-state index contributed by atoms with van der Waals surface area (Å²) in [6, 6.07) is 10.2. The molecule has 0 saturated carbocycles. The van der Waals surface area contributed by atoms with Gasteiger partial charge in [-0.25, -0.2) is 9.37 Å². The van der Waals surface area contributed by atoms with Crippen molar-refractivity contribution in [1.29, 1.82) is 0 Å². The number of hydrogen-bond acceptors (Lipinski definition) is 5. The Bertz CT molecular complexity index is 1300. The van der Waals surface area contributed by atoms with Gasteiger partial charge in [-0.15, -0.1) is 0 Å². The lowest BCUT2D eigenvalue weighted by Gasteiger charge is -2.48. The molecule has 168 valence electrons. The number of nitrogens with zero attached hydrogens (tertiary/aromatic N) is 4. The van der Waals surface area contributed by atoms with Crippen LogP contribution in [-0.2, 0) is 7.05 Å². The zero-order valence-electron chi connectivity index (χ0n) is 19.5. The standard InChI is InChI=1S/C25H30FN5S/c1-24(2)12-18(13-25(3,4)29-24)31(6)23-27-20-8-7-15(11-21(20)32-23)16-9-17-14-30(5)28-22(17)19(26)10-16/h7-11,14,18,29H,12-13H2,1-6H3. The molecule has 1 fully saturated rings. The van der Waals surface area contributed by atoms with E-state index in [-0.39, 0.29) is 16.9 Å². The minimum atomic E-state index is -0.293. The minimum Gasteiger partial charge on any atom is -0.348 e. The molecule has 1 N–H and O–H groups in total. The average molecular weight is 452 g/mol. The van der Waals surface area contributed by atoms with Crippen LogP contribution in [0, 0.1) is 5.82 Å². The molecule has 2 aromatic heterocycles. The normalized spacial score (nSPS) is 18.5. The summed E-state index contributed by atoms with van der Waals surface area (Å²) in [5.74, 6) is -0.293. The van der Waals surface area contributed by atoms with E-state index in [0.29, 0.717) is 11.6 Å². The number of fused-ring (bicyclic) bond motifs is 2. The third-order valence-corrected chi connectivity index (χ3v) is 7.51. The Morgan fingerprint density at radius 3 is 2.53 bits per heavy atom. The maximum Gasteiger partial charge on any atom is 0.186 e. The van der Waals surface area contributed by atoms with E-state index in [4.69, 9.17) is 4.98 Å². The summed E-state index contributed by atoms with van der Waals surface area (Å²) in [7, 11) is 3.97. The van der Waals surface area contributed by atoms with Crippen LogP contribution >= 0.6 is 11.3 Å². The Morgan fingerprint density at radius 2 is 1.81 bits per heavy atom. The highest BCUT2D eigenvalue weighted by Crippen LogP contribution is 2.37. The first-order chi connectivity index (χ1) is 15.0. The van der Waals surface area contributed by atoms with Crippen molar-refractivity contribution in [2.45, 2.75) is 57.7 Å². The predicted octanol–water partition coefficient (Wildman–Crippen LogP) is 5.73. The Labute approximate surface area is 192 Å². The van der Waals surface area contributed by atoms with Gasteiger partial charge in [0.05, 0.1) is 10.2 Å². The first-order valence-corrected chi connectivity index (χ1v) is 11.9. The molecule has 1 aliphatic rings. The molecule has 0 atom stereocenters. The average Bonchev–Trinajstić information content (AvgIpc) is 3.27. The summed E-state index contributed by atoms with van der Waals surface area (Å²) in [5, 5.41) is 9.81. The van der Waals surface area contributed by atoms with Crippen molar-refractivity contribution in [3.63, 3.8) is 0 Å². The molecule has 3 heterocycles. The van der Waals surface area contributed by atoms with E-state index in [2.05, 4.69) is 56.1 Å². The Morgan fingerprint density at radius 1 is 1.09 bits per heavy atom. The smallest absolute Gasteiger partial charge is 0.186 e. The molecule has 32 heavy (non-hydrogen) atoms. The van der Waals surface area contributed by atoms with Crippen LogP contribution < -0.4 is 10.2 Å². The highest BCUT2D eigenvalue weighted by Gasteiger charge is 2.39. The van der Waals surface area contributed by atoms with Crippen LogP contribution in [-0.4, -0.2) is 38.9 Å². The van der Waals surface area contributed by atoms with Gasteiger partial charge in [0.25, 0.3) is 0 Å². The summed E-state index contributed by atoms with van der Waals surface area (Å²) >= 11 is 1.70. The predicted molar refractivity (Wildman–Crippen MR) is 132 cm³/mol. The zero-order chi connectivity index (χ0) is 22.8. The Kier molecular flexibility index (Phi) is 4.84. The number of nitrogens with one attached hydrogen (secondary N) is 1. The summed E-state index contributed by atoms with van der Waals surface area (Å²) in [4.78, 5) is 7.27. The van der Waals surface area contributed by atoms with Crippen molar-refractivity contribution in [3.05, 3.63) is 42.3 Å². The van der Waals surface area contributed by atoms with Crippen molar-refractivity contribution >= 4 is 37.6 Å². The van der Waals surface area contributed by atoms with Gasteiger partial charge in [-0.2, -0.15) is 5.10 Å². The van der Waals surface area contributed by atoms with Gasteiger partial charge < -0.3 is 10.2 Å². The lowest BCUT2D eigenvalue weighted by Crippen LogP contribution is -2.61. The fourth-order valence-corrected chi connectivity index (χ4v) is 6.36.